The zero-order valence-corrected chi connectivity index (χ0v) is 19.0. The normalized spacial score (nSPS) is 17.8. The van der Waals surface area contributed by atoms with Crippen molar-refractivity contribution in [1.82, 2.24) is 9.80 Å². The molecule has 0 aliphatic carbocycles. The number of amides is 1. The highest BCUT2D eigenvalue weighted by atomic mass is 16.5. The minimum Gasteiger partial charge on any atom is -0.507 e. The van der Waals surface area contributed by atoms with Gasteiger partial charge in [0.2, 0.25) is 0 Å². The summed E-state index contributed by atoms with van der Waals surface area (Å²) in [5.41, 5.74) is 1.11. The summed E-state index contributed by atoms with van der Waals surface area (Å²) in [6.07, 6.45) is 0.860. The molecule has 170 valence electrons. The van der Waals surface area contributed by atoms with Gasteiger partial charge in [0.1, 0.15) is 17.3 Å². The van der Waals surface area contributed by atoms with Gasteiger partial charge in [-0.1, -0.05) is 31.2 Å². The summed E-state index contributed by atoms with van der Waals surface area (Å²) in [4.78, 5) is 29.6. The van der Waals surface area contributed by atoms with Crippen LogP contribution in [0.1, 0.15) is 30.5 Å². The maximum atomic E-state index is 13.1. The molecule has 7 nitrogen and oxygen atoms in total. The number of rotatable bonds is 9. The molecule has 1 fully saturated rings. The van der Waals surface area contributed by atoms with Gasteiger partial charge in [0.15, 0.2) is 0 Å². The Kier molecular flexibility index (Phi) is 7.53. The molecule has 1 aliphatic heterocycles. The van der Waals surface area contributed by atoms with Gasteiger partial charge >= 0.3 is 0 Å². The van der Waals surface area contributed by atoms with E-state index in [-0.39, 0.29) is 11.3 Å². The number of ether oxygens (including phenoxy) is 2. The highest BCUT2D eigenvalue weighted by Crippen LogP contribution is 2.41. The van der Waals surface area contributed by atoms with E-state index in [4.69, 9.17) is 9.47 Å². The lowest BCUT2D eigenvalue weighted by Crippen LogP contribution is -2.35. The van der Waals surface area contributed by atoms with E-state index in [1.54, 1.807) is 24.3 Å². The summed E-state index contributed by atoms with van der Waals surface area (Å²) in [5.74, 6) is -0.522. The molecule has 0 spiro atoms. The van der Waals surface area contributed by atoms with Crippen LogP contribution in [0.3, 0.4) is 0 Å². The number of hydrogen-bond donors (Lipinski definition) is 1. The first kappa shape index (κ1) is 23.3. The summed E-state index contributed by atoms with van der Waals surface area (Å²) < 4.78 is 11.1. The Labute approximate surface area is 188 Å². The van der Waals surface area contributed by atoms with Gasteiger partial charge in [0.25, 0.3) is 11.7 Å². The van der Waals surface area contributed by atoms with Crippen LogP contribution < -0.4 is 9.47 Å². The SMILES string of the molecule is CCCOc1cccc(C2/C(=C(/O)c3ccccc3OC)C(=O)C(=O)N2CCN(C)C)c1. The van der Waals surface area contributed by atoms with Crippen molar-refractivity contribution in [2.45, 2.75) is 19.4 Å². The van der Waals surface area contributed by atoms with Crippen molar-refractivity contribution in [3.8, 4) is 11.5 Å². The lowest BCUT2D eigenvalue weighted by atomic mass is 9.95. The molecule has 1 amide bonds. The third-order valence-corrected chi connectivity index (χ3v) is 5.34. The Morgan fingerprint density at radius 3 is 2.56 bits per heavy atom. The molecule has 0 radical (unpaired) electrons. The third kappa shape index (κ3) is 4.78. The van der Waals surface area contributed by atoms with Crippen molar-refractivity contribution >= 4 is 17.4 Å². The number of carbonyl (C=O) groups is 2. The van der Waals surface area contributed by atoms with E-state index in [0.717, 1.165) is 6.42 Å². The Morgan fingerprint density at radius 1 is 1.12 bits per heavy atom. The number of Topliss-reactive ketones (excluding diaryl/α,β-unsaturated/α-hetero) is 1. The molecule has 0 saturated carbocycles. The quantitative estimate of drug-likeness (QED) is 0.367. The molecule has 3 rings (SSSR count). The second-order valence-electron chi connectivity index (χ2n) is 7.92. The molecule has 2 aromatic rings. The van der Waals surface area contributed by atoms with Crippen LogP contribution in [0, 0.1) is 0 Å². The van der Waals surface area contributed by atoms with E-state index < -0.39 is 17.7 Å². The average Bonchev–Trinajstić information content (AvgIpc) is 3.05. The molecular formula is C25H30N2O5. The summed E-state index contributed by atoms with van der Waals surface area (Å²) >= 11 is 0. The number of ketones is 1. The van der Waals surface area contributed by atoms with Crippen molar-refractivity contribution in [2.24, 2.45) is 0 Å². The third-order valence-electron chi connectivity index (χ3n) is 5.34. The molecule has 1 unspecified atom stereocenters. The molecule has 1 saturated heterocycles. The van der Waals surface area contributed by atoms with Gasteiger partial charge in [-0.15, -0.1) is 0 Å². The first-order valence-electron chi connectivity index (χ1n) is 10.7. The minimum atomic E-state index is -0.731. The first-order chi connectivity index (χ1) is 15.4. The molecule has 0 aromatic heterocycles. The Morgan fingerprint density at radius 2 is 1.88 bits per heavy atom. The number of para-hydroxylation sites is 1. The van der Waals surface area contributed by atoms with Gasteiger partial charge in [0.05, 0.1) is 30.9 Å². The number of nitrogens with zero attached hydrogens (tertiary/aromatic N) is 2. The predicted octanol–water partition coefficient (Wildman–Crippen LogP) is 3.47. The molecule has 1 aliphatic rings. The molecule has 1 atom stereocenters. The molecule has 2 aromatic carbocycles. The van der Waals surface area contributed by atoms with Gasteiger partial charge in [0, 0.05) is 13.1 Å². The topological polar surface area (TPSA) is 79.3 Å². The van der Waals surface area contributed by atoms with Crippen LogP contribution in [0.5, 0.6) is 11.5 Å². The summed E-state index contributed by atoms with van der Waals surface area (Å²) in [6.45, 7) is 3.49. The zero-order valence-electron chi connectivity index (χ0n) is 19.0. The fraction of sp³-hybridized carbons (Fsp3) is 0.360. The van der Waals surface area contributed by atoms with Crippen LogP contribution in [-0.2, 0) is 9.59 Å². The second-order valence-corrected chi connectivity index (χ2v) is 7.92. The van der Waals surface area contributed by atoms with Crippen LogP contribution in [-0.4, -0.2) is 67.5 Å². The Bertz CT molecular complexity index is 1010. The van der Waals surface area contributed by atoms with Crippen LogP contribution in [0.2, 0.25) is 0 Å². The van der Waals surface area contributed by atoms with E-state index in [9.17, 15) is 14.7 Å². The maximum Gasteiger partial charge on any atom is 0.295 e. The number of aliphatic hydroxyl groups excluding tert-OH is 1. The number of benzene rings is 2. The fourth-order valence-electron chi connectivity index (χ4n) is 3.74. The fourth-order valence-corrected chi connectivity index (χ4v) is 3.74. The van der Waals surface area contributed by atoms with Crippen molar-refractivity contribution in [1.29, 1.82) is 0 Å². The smallest absolute Gasteiger partial charge is 0.295 e. The molecular weight excluding hydrogens is 408 g/mol. The van der Waals surface area contributed by atoms with Crippen LogP contribution in [0.25, 0.3) is 5.76 Å². The van der Waals surface area contributed by atoms with Gasteiger partial charge in [-0.3, -0.25) is 9.59 Å². The van der Waals surface area contributed by atoms with E-state index in [1.807, 2.05) is 50.2 Å². The average molecular weight is 439 g/mol. The van der Waals surface area contributed by atoms with Gasteiger partial charge in [-0.2, -0.15) is 0 Å². The number of carbonyl (C=O) groups excluding carboxylic acids is 2. The maximum absolute atomic E-state index is 13.1. The predicted molar refractivity (Wildman–Crippen MR) is 123 cm³/mol. The largest absolute Gasteiger partial charge is 0.507 e. The summed E-state index contributed by atoms with van der Waals surface area (Å²) in [5, 5.41) is 11.2. The molecule has 7 heteroatoms. The van der Waals surface area contributed by atoms with E-state index in [2.05, 4.69) is 0 Å². The highest BCUT2D eigenvalue weighted by Gasteiger charge is 2.46. The number of methoxy groups -OCH3 is 1. The molecule has 1 heterocycles. The minimum absolute atomic E-state index is 0.0471. The Balaban J connectivity index is 2.15. The van der Waals surface area contributed by atoms with E-state index >= 15 is 0 Å². The van der Waals surface area contributed by atoms with Crippen molar-refractivity contribution < 1.29 is 24.2 Å². The van der Waals surface area contributed by atoms with Crippen molar-refractivity contribution in [2.75, 3.05) is 40.9 Å². The van der Waals surface area contributed by atoms with Gasteiger partial charge in [-0.25, -0.2) is 0 Å². The van der Waals surface area contributed by atoms with Crippen LogP contribution in [0.4, 0.5) is 0 Å². The number of likely N-dealkylation sites (tertiary alicyclic amines) is 1. The lowest BCUT2D eigenvalue weighted by Gasteiger charge is -2.27. The lowest BCUT2D eigenvalue weighted by molar-refractivity contribution is -0.140. The summed E-state index contributed by atoms with van der Waals surface area (Å²) in [7, 11) is 5.30. The first-order valence-corrected chi connectivity index (χ1v) is 10.7. The van der Waals surface area contributed by atoms with Gasteiger partial charge < -0.3 is 24.4 Å². The summed E-state index contributed by atoms with van der Waals surface area (Å²) in [6, 6.07) is 13.5. The standard InChI is InChI=1S/C25H30N2O5/c1-5-15-32-18-10-8-9-17(16-18)22-21(23(28)19-11-6-7-12-20(19)31-4)24(29)25(30)27(22)14-13-26(2)3/h6-12,16,22,28H,5,13-15H2,1-4H3/b23-21-. The molecule has 32 heavy (non-hydrogen) atoms. The van der Waals surface area contributed by atoms with Crippen LogP contribution in [0.15, 0.2) is 54.1 Å². The number of hydrogen-bond acceptors (Lipinski definition) is 6. The van der Waals surface area contributed by atoms with E-state index in [1.165, 1.54) is 12.0 Å². The van der Waals surface area contributed by atoms with Crippen molar-refractivity contribution in [3.63, 3.8) is 0 Å². The van der Waals surface area contributed by atoms with Crippen LogP contribution >= 0.6 is 0 Å². The number of aliphatic hydroxyl groups is 1. The van der Waals surface area contributed by atoms with Gasteiger partial charge in [-0.05, 0) is 50.3 Å². The van der Waals surface area contributed by atoms with E-state index in [0.29, 0.717) is 42.3 Å². The number of likely N-dealkylation sites (N-methyl/N-ethyl adjacent to an activating group) is 1. The Hall–Kier alpha value is -3.32. The molecule has 1 N–H and O–H groups in total. The zero-order chi connectivity index (χ0) is 23.3. The second kappa shape index (κ2) is 10.3. The molecule has 0 bridgehead atoms. The van der Waals surface area contributed by atoms with Crippen molar-refractivity contribution in [3.05, 3.63) is 65.2 Å². The highest BCUT2D eigenvalue weighted by molar-refractivity contribution is 6.46. The monoisotopic (exact) mass is 438 g/mol.